The van der Waals surface area contributed by atoms with Crippen LogP contribution in [-0.4, -0.2) is 31.4 Å². The summed E-state index contributed by atoms with van der Waals surface area (Å²) in [6.07, 6.45) is -0.0736. The van der Waals surface area contributed by atoms with Crippen LogP contribution >= 0.6 is 11.6 Å². The number of methoxy groups -OCH3 is 1. The third-order valence-corrected chi connectivity index (χ3v) is 3.97. The highest BCUT2D eigenvalue weighted by Gasteiger charge is 2.19. The maximum absolute atomic E-state index is 12.9. The molecule has 0 bridgehead atoms. The third-order valence-electron chi connectivity index (χ3n) is 3.72. The Bertz CT molecular complexity index is 809. The molecule has 0 aliphatic rings. The fourth-order valence-electron chi connectivity index (χ4n) is 2.31. The predicted molar refractivity (Wildman–Crippen MR) is 97.7 cm³/mol. The number of benzene rings is 2. The lowest BCUT2D eigenvalue weighted by Crippen LogP contribution is -2.39. The monoisotopic (exact) mass is 392 g/mol. The Labute approximate surface area is 160 Å². The van der Waals surface area contributed by atoms with Crippen LogP contribution in [-0.2, 0) is 14.3 Å². The van der Waals surface area contributed by atoms with Gasteiger partial charge in [-0.05, 0) is 42.0 Å². The molecule has 0 fully saturated rings. The molecule has 2 amide bonds. The second-order valence-electron chi connectivity index (χ2n) is 5.64. The lowest BCUT2D eigenvalue weighted by Gasteiger charge is -2.18. The van der Waals surface area contributed by atoms with Crippen LogP contribution in [0.15, 0.2) is 48.5 Å². The first-order valence-electron chi connectivity index (χ1n) is 8.04. The van der Waals surface area contributed by atoms with Gasteiger partial charge in [-0.3, -0.25) is 14.4 Å². The van der Waals surface area contributed by atoms with E-state index in [4.69, 9.17) is 11.6 Å². The third kappa shape index (κ3) is 6.38. The molecule has 0 aliphatic heterocycles. The summed E-state index contributed by atoms with van der Waals surface area (Å²) in [7, 11) is 1.26. The summed E-state index contributed by atoms with van der Waals surface area (Å²) in [5.74, 6) is -1.96. The number of hydrogen-bond donors (Lipinski definition) is 2. The van der Waals surface area contributed by atoms with Gasteiger partial charge < -0.3 is 15.4 Å². The van der Waals surface area contributed by atoms with Crippen LogP contribution in [0.3, 0.4) is 0 Å². The van der Waals surface area contributed by atoms with Crippen LogP contribution < -0.4 is 10.6 Å². The Morgan fingerprint density at radius 2 is 1.70 bits per heavy atom. The largest absolute Gasteiger partial charge is 0.469 e. The maximum atomic E-state index is 12.9. The van der Waals surface area contributed by atoms with Gasteiger partial charge in [-0.15, -0.1) is 0 Å². The average molecular weight is 393 g/mol. The highest BCUT2D eigenvalue weighted by Crippen LogP contribution is 2.20. The summed E-state index contributed by atoms with van der Waals surface area (Å²) < 4.78 is 17.5. The van der Waals surface area contributed by atoms with Crippen molar-refractivity contribution >= 4 is 29.4 Å². The average Bonchev–Trinajstić information content (AvgIpc) is 2.66. The second kappa shape index (κ2) is 9.68. The molecule has 2 aromatic carbocycles. The molecule has 0 heterocycles. The maximum Gasteiger partial charge on any atom is 0.307 e. The van der Waals surface area contributed by atoms with Crippen LogP contribution in [0.5, 0.6) is 0 Å². The molecule has 142 valence electrons. The van der Waals surface area contributed by atoms with E-state index < -0.39 is 29.6 Å². The first-order valence-corrected chi connectivity index (χ1v) is 8.42. The summed E-state index contributed by atoms with van der Waals surface area (Å²) in [4.78, 5) is 35.8. The fourth-order valence-corrected chi connectivity index (χ4v) is 2.43. The van der Waals surface area contributed by atoms with Crippen molar-refractivity contribution in [3.8, 4) is 0 Å². The topological polar surface area (TPSA) is 84.5 Å². The molecule has 1 atom stereocenters. The quantitative estimate of drug-likeness (QED) is 0.709. The van der Waals surface area contributed by atoms with Crippen molar-refractivity contribution in [2.24, 2.45) is 0 Å². The molecule has 0 spiro atoms. The molecule has 1 unspecified atom stereocenters. The minimum Gasteiger partial charge on any atom is -0.469 e. The Morgan fingerprint density at radius 1 is 1.07 bits per heavy atom. The Morgan fingerprint density at radius 3 is 2.30 bits per heavy atom. The zero-order valence-corrected chi connectivity index (χ0v) is 15.3. The van der Waals surface area contributed by atoms with Crippen molar-refractivity contribution in [1.82, 2.24) is 10.6 Å². The summed E-state index contributed by atoms with van der Waals surface area (Å²) in [6.45, 7) is -0.304. The van der Waals surface area contributed by atoms with E-state index in [9.17, 15) is 18.8 Å². The van der Waals surface area contributed by atoms with Gasteiger partial charge in [0.05, 0.1) is 26.1 Å². The molecule has 0 aromatic heterocycles. The summed E-state index contributed by atoms with van der Waals surface area (Å²) in [5, 5.41) is 5.64. The van der Waals surface area contributed by atoms with E-state index in [1.807, 2.05) is 0 Å². The van der Waals surface area contributed by atoms with Crippen LogP contribution in [0.1, 0.15) is 28.4 Å². The zero-order chi connectivity index (χ0) is 19.8. The van der Waals surface area contributed by atoms with Crippen molar-refractivity contribution in [3.63, 3.8) is 0 Å². The standard InChI is InChI=1S/C19H18ClFN2O4/c1-27-18(25)10-16(12-2-6-14(20)7-3-12)23-17(24)11-22-19(26)13-4-8-15(21)9-5-13/h2-9,16H,10-11H2,1H3,(H,22,26)(H,23,24). The summed E-state index contributed by atoms with van der Waals surface area (Å²) in [5.41, 5.74) is 0.899. The van der Waals surface area contributed by atoms with Gasteiger partial charge >= 0.3 is 5.97 Å². The minimum absolute atomic E-state index is 0.0736. The van der Waals surface area contributed by atoms with Gasteiger partial charge in [0.1, 0.15) is 5.82 Å². The molecule has 2 rings (SSSR count). The number of esters is 1. The first kappa shape index (κ1) is 20.4. The number of carbonyl (C=O) groups excluding carboxylic acids is 3. The molecular weight excluding hydrogens is 375 g/mol. The van der Waals surface area contributed by atoms with E-state index in [0.717, 1.165) is 12.1 Å². The molecule has 0 radical (unpaired) electrons. The Hall–Kier alpha value is -2.93. The number of hydrogen-bond acceptors (Lipinski definition) is 4. The lowest BCUT2D eigenvalue weighted by molar-refractivity contribution is -0.141. The van der Waals surface area contributed by atoms with E-state index >= 15 is 0 Å². The van der Waals surface area contributed by atoms with Gasteiger partial charge in [0, 0.05) is 10.6 Å². The van der Waals surface area contributed by atoms with Gasteiger partial charge in [0.2, 0.25) is 5.91 Å². The molecule has 6 nitrogen and oxygen atoms in total. The van der Waals surface area contributed by atoms with Gasteiger partial charge in [0.25, 0.3) is 5.91 Å². The molecular formula is C19H18ClFN2O4. The number of ether oxygens (including phenoxy) is 1. The summed E-state index contributed by atoms with van der Waals surface area (Å²) in [6, 6.07) is 11.0. The number of amides is 2. The van der Waals surface area contributed by atoms with E-state index in [0.29, 0.717) is 10.6 Å². The highest BCUT2D eigenvalue weighted by molar-refractivity contribution is 6.30. The molecule has 0 saturated carbocycles. The molecule has 0 aliphatic carbocycles. The van der Waals surface area contributed by atoms with E-state index in [-0.39, 0.29) is 18.5 Å². The van der Waals surface area contributed by atoms with Crippen molar-refractivity contribution in [1.29, 1.82) is 0 Å². The SMILES string of the molecule is COC(=O)CC(NC(=O)CNC(=O)c1ccc(F)cc1)c1ccc(Cl)cc1. The van der Waals surface area contributed by atoms with Crippen molar-refractivity contribution < 1.29 is 23.5 Å². The number of rotatable bonds is 7. The minimum atomic E-state index is -0.634. The molecule has 2 aromatic rings. The predicted octanol–water partition coefficient (Wildman–Crippen LogP) is 2.63. The van der Waals surface area contributed by atoms with E-state index in [2.05, 4.69) is 15.4 Å². The molecule has 27 heavy (non-hydrogen) atoms. The Kier molecular flexibility index (Phi) is 7.31. The second-order valence-corrected chi connectivity index (χ2v) is 6.08. The van der Waals surface area contributed by atoms with Crippen molar-refractivity contribution in [3.05, 3.63) is 70.5 Å². The molecule has 8 heteroatoms. The highest BCUT2D eigenvalue weighted by atomic mass is 35.5. The van der Waals surface area contributed by atoms with Crippen LogP contribution in [0, 0.1) is 5.82 Å². The van der Waals surface area contributed by atoms with Gasteiger partial charge in [0.15, 0.2) is 0 Å². The normalized spacial score (nSPS) is 11.4. The zero-order valence-electron chi connectivity index (χ0n) is 14.5. The van der Waals surface area contributed by atoms with Crippen LogP contribution in [0.4, 0.5) is 4.39 Å². The lowest BCUT2D eigenvalue weighted by atomic mass is 10.0. The first-order chi connectivity index (χ1) is 12.9. The molecule has 0 saturated heterocycles. The van der Waals surface area contributed by atoms with Gasteiger partial charge in [-0.25, -0.2) is 4.39 Å². The fraction of sp³-hybridized carbons (Fsp3) is 0.211. The van der Waals surface area contributed by atoms with Gasteiger partial charge in [-0.1, -0.05) is 23.7 Å². The molecule has 2 N–H and O–H groups in total. The van der Waals surface area contributed by atoms with Crippen molar-refractivity contribution in [2.45, 2.75) is 12.5 Å². The Balaban J connectivity index is 1.98. The van der Waals surface area contributed by atoms with Crippen LogP contribution in [0.2, 0.25) is 5.02 Å². The van der Waals surface area contributed by atoms with Crippen molar-refractivity contribution in [2.75, 3.05) is 13.7 Å². The van der Waals surface area contributed by atoms with E-state index in [1.165, 1.54) is 19.2 Å². The number of carbonyl (C=O) groups is 3. The van der Waals surface area contributed by atoms with Crippen LogP contribution in [0.25, 0.3) is 0 Å². The van der Waals surface area contributed by atoms with E-state index in [1.54, 1.807) is 24.3 Å². The summed E-state index contributed by atoms with van der Waals surface area (Å²) >= 11 is 5.86. The number of halogens is 2. The number of nitrogens with one attached hydrogen (secondary N) is 2. The van der Waals surface area contributed by atoms with Gasteiger partial charge in [-0.2, -0.15) is 0 Å². The smallest absolute Gasteiger partial charge is 0.307 e.